The fourth-order valence-electron chi connectivity index (χ4n) is 4.17. The van der Waals surface area contributed by atoms with Gasteiger partial charge in [0.05, 0.1) is 35.1 Å². The highest BCUT2D eigenvalue weighted by molar-refractivity contribution is 6.33. The molecule has 30 heavy (non-hydrogen) atoms. The molecule has 2 aliphatic rings. The molecule has 0 bridgehead atoms. The van der Waals surface area contributed by atoms with E-state index in [9.17, 15) is 9.59 Å². The summed E-state index contributed by atoms with van der Waals surface area (Å²) in [5, 5.41) is 0.475. The van der Waals surface area contributed by atoms with Crippen LogP contribution in [0.5, 0.6) is 0 Å². The molecule has 4 rings (SSSR count). The number of benzene rings is 1. The zero-order chi connectivity index (χ0) is 21.1. The van der Waals surface area contributed by atoms with E-state index in [0.29, 0.717) is 55.5 Å². The van der Waals surface area contributed by atoms with Gasteiger partial charge < -0.3 is 14.5 Å². The standard InChI is InChI=1S/C23H26ClN3O3/c1-16-6-7-19(23(29)27-12-14-30-15-13-27)21(25-16)17-8-10-26(11-9-17)22(28)18-4-2-3-5-20(18)24/h2-7,17H,8-15H2,1H3. The summed E-state index contributed by atoms with van der Waals surface area (Å²) < 4.78 is 5.37. The summed E-state index contributed by atoms with van der Waals surface area (Å²) in [6, 6.07) is 10.9. The molecule has 0 spiro atoms. The van der Waals surface area contributed by atoms with Gasteiger partial charge in [-0.15, -0.1) is 0 Å². The van der Waals surface area contributed by atoms with E-state index in [-0.39, 0.29) is 17.7 Å². The van der Waals surface area contributed by atoms with Crippen molar-refractivity contribution in [1.82, 2.24) is 14.8 Å². The van der Waals surface area contributed by atoms with Crippen molar-refractivity contribution in [1.29, 1.82) is 0 Å². The number of aromatic nitrogens is 1. The Kier molecular flexibility index (Phi) is 6.35. The van der Waals surface area contributed by atoms with E-state index in [1.54, 1.807) is 12.1 Å². The minimum atomic E-state index is -0.0409. The van der Waals surface area contributed by atoms with Crippen molar-refractivity contribution in [3.05, 3.63) is 63.9 Å². The molecule has 2 aromatic rings. The van der Waals surface area contributed by atoms with Crippen LogP contribution in [0.1, 0.15) is 50.9 Å². The maximum Gasteiger partial charge on any atom is 0.255 e. The van der Waals surface area contributed by atoms with E-state index >= 15 is 0 Å². The number of hydrogen-bond donors (Lipinski definition) is 0. The summed E-state index contributed by atoms with van der Waals surface area (Å²) in [4.78, 5) is 34.4. The van der Waals surface area contributed by atoms with Gasteiger partial charge >= 0.3 is 0 Å². The smallest absolute Gasteiger partial charge is 0.255 e. The predicted octanol–water partition coefficient (Wildman–Crippen LogP) is 3.54. The number of ether oxygens (including phenoxy) is 1. The van der Waals surface area contributed by atoms with Crippen LogP contribution in [-0.4, -0.2) is 66.0 Å². The highest BCUT2D eigenvalue weighted by Crippen LogP contribution is 2.31. The summed E-state index contributed by atoms with van der Waals surface area (Å²) in [7, 11) is 0. The monoisotopic (exact) mass is 427 g/mol. The topological polar surface area (TPSA) is 62.7 Å². The number of pyridine rings is 1. The number of nitrogens with zero attached hydrogens (tertiary/aromatic N) is 3. The molecular weight excluding hydrogens is 402 g/mol. The molecule has 158 valence electrons. The maximum atomic E-state index is 13.1. The lowest BCUT2D eigenvalue weighted by atomic mass is 9.89. The van der Waals surface area contributed by atoms with Crippen molar-refractivity contribution in [2.45, 2.75) is 25.7 Å². The van der Waals surface area contributed by atoms with Gasteiger partial charge in [0.2, 0.25) is 0 Å². The van der Waals surface area contributed by atoms with Crippen LogP contribution < -0.4 is 0 Å². The van der Waals surface area contributed by atoms with Gasteiger partial charge in [0.1, 0.15) is 0 Å². The average molecular weight is 428 g/mol. The largest absolute Gasteiger partial charge is 0.378 e. The van der Waals surface area contributed by atoms with E-state index in [0.717, 1.165) is 24.2 Å². The molecule has 1 aromatic heterocycles. The van der Waals surface area contributed by atoms with Gasteiger partial charge in [0.25, 0.3) is 11.8 Å². The van der Waals surface area contributed by atoms with E-state index in [1.165, 1.54) is 0 Å². The van der Waals surface area contributed by atoms with E-state index in [1.807, 2.05) is 41.0 Å². The van der Waals surface area contributed by atoms with Gasteiger partial charge in [-0.1, -0.05) is 23.7 Å². The maximum absolute atomic E-state index is 13.1. The minimum Gasteiger partial charge on any atom is -0.378 e. The van der Waals surface area contributed by atoms with Gasteiger partial charge in [-0.2, -0.15) is 0 Å². The predicted molar refractivity (Wildman–Crippen MR) is 115 cm³/mol. The van der Waals surface area contributed by atoms with Crippen LogP contribution in [0, 0.1) is 6.92 Å². The number of carbonyl (C=O) groups excluding carboxylic acids is 2. The first kappa shape index (κ1) is 20.8. The molecule has 3 heterocycles. The van der Waals surface area contributed by atoms with E-state index in [2.05, 4.69) is 0 Å². The van der Waals surface area contributed by atoms with E-state index in [4.69, 9.17) is 21.3 Å². The van der Waals surface area contributed by atoms with Crippen molar-refractivity contribution in [3.63, 3.8) is 0 Å². The summed E-state index contributed by atoms with van der Waals surface area (Å²) >= 11 is 6.20. The summed E-state index contributed by atoms with van der Waals surface area (Å²) in [5.74, 6) is 0.136. The summed E-state index contributed by atoms with van der Waals surface area (Å²) in [6.45, 7) is 5.55. The van der Waals surface area contributed by atoms with Crippen LogP contribution in [0.4, 0.5) is 0 Å². The third-order valence-electron chi connectivity index (χ3n) is 5.87. The van der Waals surface area contributed by atoms with Crippen LogP contribution in [0.25, 0.3) is 0 Å². The Morgan fingerprint density at radius 2 is 1.57 bits per heavy atom. The third kappa shape index (κ3) is 4.35. The number of likely N-dealkylation sites (tertiary alicyclic amines) is 1. The fourth-order valence-corrected chi connectivity index (χ4v) is 4.38. The first-order valence-electron chi connectivity index (χ1n) is 10.4. The van der Waals surface area contributed by atoms with Gasteiger partial charge in [-0.05, 0) is 44.0 Å². The molecule has 1 aromatic carbocycles. The summed E-state index contributed by atoms with van der Waals surface area (Å²) in [6.07, 6.45) is 1.55. The van der Waals surface area contributed by atoms with Crippen LogP contribution in [0.15, 0.2) is 36.4 Å². The first-order chi connectivity index (χ1) is 14.5. The molecular formula is C23H26ClN3O3. The molecule has 2 saturated heterocycles. The number of morpholine rings is 1. The number of aryl methyl sites for hydroxylation is 1. The second kappa shape index (κ2) is 9.14. The van der Waals surface area contributed by atoms with Crippen molar-refractivity contribution in [3.8, 4) is 0 Å². The Bertz CT molecular complexity index is 935. The first-order valence-corrected chi connectivity index (χ1v) is 10.8. The third-order valence-corrected chi connectivity index (χ3v) is 6.20. The average Bonchev–Trinajstić information content (AvgIpc) is 2.79. The molecule has 0 atom stereocenters. The zero-order valence-electron chi connectivity index (χ0n) is 17.1. The van der Waals surface area contributed by atoms with Crippen LogP contribution in [0.3, 0.4) is 0 Å². The number of piperidine rings is 1. The van der Waals surface area contributed by atoms with Gasteiger partial charge in [-0.3, -0.25) is 14.6 Å². The van der Waals surface area contributed by atoms with Crippen molar-refractivity contribution >= 4 is 23.4 Å². The Labute approximate surface area is 181 Å². The molecule has 2 fully saturated rings. The fraction of sp³-hybridized carbons (Fsp3) is 0.435. The number of carbonyl (C=O) groups is 2. The molecule has 0 N–H and O–H groups in total. The Balaban J connectivity index is 1.49. The van der Waals surface area contributed by atoms with Crippen LogP contribution >= 0.6 is 11.6 Å². The number of hydrogen-bond acceptors (Lipinski definition) is 4. The van der Waals surface area contributed by atoms with Gasteiger partial charge in [-0.25, -0.2) is 0 Å². The molecule has 0 radical (unpaired) electrons. The summed E-state index contributed by atoms with van der Waals surface area (Å²) in [5.41, 5.74) is 2.97. The van der Waals surface area contributed by atoms with Crippen molar-refractivity contribution < 1.29 is 14.3 Å². The minimum absolute atomic E-state index is 0.0235. The van der Waals surface area contributed by atoms with Gasteiger partial charge in [0.15, 0.2) is 0 Å². The van der Waals surface area contributed by atoms with Crippen molar-refractivity contribution in [2.75, 3.05) is 39.4 Å². The zero-order valence-corrected chi connectivity index (χ0v) is 17.9. The Morgan fingerprint density at radius 3 is 2.27 bits per heavy atom. The number of halogens is 1. The lowest BCUT2D eigenvalue weighted by Crippen LogP contribution is -2.42. The quantitative estimate of drug-likeness (QED) is 0.751. The SMILES string of the molecule is Cc1ccc(C(=O)N2CCOCC2)c(C2CCN(C(=O)c3ccccc3Cl)CC2)n1. The molecule has 0 aliphatic carbocycles. The second-order valence-corrected chi connectivity index (χ2v) is 8.24. The number of rotatable bonds is 3. The van der Waals surface area contributed by atoms with Crippen LogP contribution in [0.2, 0.25) is 5.02 Å². The molecule has 2 amide bonds. The molecule has 6 nitrogen and oxygen atoms in total. The highest BCUT2D eigenvalue weighted by atomic mass is 35.5. The normalized spacial score (nSPS) is 17.8. The molecule has 0 unspecified atom stereocenters. The van der Waals surface area contributed by atoms with Gasteiger partial charge in [0, 0.05) is 37.8 Å². The highest BCUT2D eigenvalue weighted by Gasteiger charge is 2.30. The van der Waals surface area contributed by atoms with E-state index < -0.39 is 0 Å². The molecule has 0 saturated carbocycles. The molecule has 7 heteroatoms. The Morgan fingerprint density at radius 1 is 0.933 bits per heavy atom. The second-order valence-electron chi connectivity index (χ2n) is 7.84. The lowest BCUT2D eigenvalue weighted by Gasteiger charge is -2.33. The Hall–Kier alpha value is -2.44. The number of amides is 2. The van der Waals surface area contributed by atoms with Crippen molar-refractivity contribution in [2.24, 2.45) is 0 Å². The van der Waals surface area contributed by atoms with Crippen LogP contribution in [-0.2, 0) is 4.74 Å². The molecule has 2 aliphatic heterocycles. The lowest BCUT2D eigenvalue weighted by molar-refractivity contribution is 0.0301.